The number of phosphoric acid groups is 1. The second-order valence-electron chi connectivity index (χ2n) is 1.09. The first-order valence-electron chi connectivity index (χ1n) is 2.10. The van der Waals surface area contributed by atoms with Crippen molar-refractivity contribution in [2.24, 2.45) is 0 Å². The monoisotopic (exact) mass is 196 g/mol. The Hall–Kier alpha value is 1.71. The number of aliphatic hydroxyl groups is 1. The zero-order chi connectivity index (χ0) is 7.91. The van der Waals surface area contributed by atoms with Gasteiger partial charge in [0.25, 0.3) is 0 Å². The minimum absolute atomic E-state index is 0. The summed E-state index contributed by atoms with van der Waals surface area (Å²) in [6.45, 7) is 3.56. The molecule has 7 heteroatoms. The topological polar surface area (TPSA) is 98.0 Å². The van der Waals surface area contributed by atoms with E-state index in [0.29, 0.717) is 6.42 Å². The molecule has 0 atom stereocenters. The Balaban J connectivity index is -0.0000000910. The Labute approximate surface area is 102 Å². The molecule has 58 valence electrons. The molecule has 0 heterocycles. The van der Waals surface area contributed by atoms with Crippen molar-refractivity contribution in [1.82, 2.24) is 0 Å². The van der Waals surface area contributed by atoms with Crippen molar-refractivity contribution >= 4 is 7.82 Å². The van der Waals surface area contributed by atoms with Gasteiger partial charge in [0, 0.05) is 6.61 Å². The van der Waals surface area contributed by atoms with Gasteiger partial charge in [-0.1, -0.05) is 0 Å². The van der Waals surface area contributed by atoms with E-state index in [1.54, 1.807) is 0 Å². The molecule has 0 aliphatic rings. The van der Waals surface area contributed by atoms with Crippen molar-refractivity contribution < 1.29 is 75.7 Å². The quantitative estimate of drug-likeness (QED) is 0.196. The van der Waals surface area contributed by atoms with Crippen LogP contribution in [0.4, 0.5) is 0 Å². The van der Waals surface area contributed by atoms with E-state index in [-0.39, 0.29) is 58.0 Å². The summed E-state index contributed by atoms with van der Waals surface area (Å²) in [6.07, 6.45) is 0.625. The van der Waals surface area contributed by atoms with Gasteiger partial charge in [-0.3, -0.25) is 0 Å². The van der Waals surface area contributed by atoms with E-state index in [4.69, 9.17) is 24.4 Å². The zero-order valence-electron chi connectivity index (χ0n) is 5.77. The van der Waals surface area contributed by atoms with E-state index in [9.17, 15) is 0 Å². The van der Waals surface area contributed by atoms with Crippen LogP contribution in [0.5, 0.6) is 0 Å². The average molecular weight is 196 g/mol. The first-order valence-corrected chi connectivity index (χ1v) is 3.66. The van der Waals surface area contributed by atoms with Crippen molar-refractivity contribution in [1.29, 1.82) is 0 Å². The third-order valence-corrected chi connectivity index (χ3v) is 0.158. The number of hydrogen-bond acceptors (Lipinski definition) is 2. The molecule has 0 aromatic heterocycles. The minimum atomic E-state index is -4.64. The van der Waals surface area contributed by atoms with Crippen LogP contribution in [0, 0.1) is 6.92 Å². The van der Waals surface area contributed by atoms with E-state index in [1.165, 1.54) is 0 Å². The van der Waals surface area contributed by atoms with Crippen LogP contribution in [0.15, 0.2) is 0 Å². The summed E-state index contributed by atoms with van der Waals surface area (Å²) in [6, 6.07) is 0. The fourth-order valence-electron chi connectivity index (χ4n) is 0. The molecule has 0 rings (SSSR count). The first-order chi connectivity index (χ1) is 3.91. The van der Waals surface area contributed by atoms with Crippen LogP contribution in [0.2, 0.25) is 0 Å². The standard InChI is InChI=1S/C3H7O.K.H3O4P/c1-2-3-4;;1-5(2,3)4/h4H,1-3H2;;(H3,1,2,3,4)/q-1;+1;. The predicted octanol–water partition coefficient (Wildman–Crippen LogP) is -3.72. The molecule has 0 saturated heterocycles. The maximum absolute atomic E-state index is 8.88. The molecule has 0 radical (unpaired) electrons. The van der Waals surface area contributed by atoms with Gasteiger partial charge in [0.1, 0.15) is 0 Å². The predicted molar refractivity (Wildman–Crippen MR) is 31.3 cm³/mol. The molecular formula is C3H10KO5P. The largest absolute Gasteiger partial charge is 1.00 e. The summed E-state index contributed by atoms with van der Waals surface area (Å²) in [5.74, 6) is 0. The first kappa shape index (κ1) is 17.7. The van der Waals surface area contributed by atoms with Gasteiger partial charge in [0.15, 0.2) is 0 Å². The maximum Gasteiger partial charge on any atom is 1.00 e. The van der Waals surface area contributed by atoms with E-state index in [2.05, 4.69) is 6.92 Å². The molecule has 0 aromatic carbocycles. The Morgan fingerprint density at radius 2 is 1.40 bits per heavy atom. The van der Waals surface area contributed by atoms with E-state index in [0.717, 1.165) is 0 Å². The molecule has 10 heavy (non-hydrogen) atoms. The molecule has 5 nitrogen and oxygen atoms in total. The summed E-state index contributed by atoms with van der Waals surface area (Å²) < 4.78 is 8.88. The van der Waals surface area contributed by atoms with Crippen LogP contribution < -0.4 is 51.4 Å². The molecule has 0 spiro atoms. The van der Waals surface area contributed by atoms with E-state index >= 15 is 0 Å². The van der Waals surface area contributed by atoms with E-state index < -0.39 is 7.82 Å². The van der Waals surface area contributed by atoms with Crippen LogP contribution in [-0.2, 0) is 4.57 Å². The molecular weight excluding hydrogens is 186 g/mol. The van der Waals surface area contributed by atoms with Gasteiger partial charge in [-0.15, -0.1) is 0 Å². The summed E-state index contributed by atoms with van der Waals surface area (Å²) in [7, 11) is -4.64. The minimum Gasteiger partial charge on any atom is -0.399 e. The number of aliphatic hydroxyl groups excluding tert-OH is 1. The smallest absolute Gasteiger partial charge is 0.399 e. The molecule has 0 bridgehead atoms. The third-order valence-electron chi connectivity index (χ3n) is 0.158. The Bertz CT molecular complexity index is 80.6. The molecule has 0 saturated carbocycles. The van der Waals surface area contributed by atoms with Gasteiger partial charge in [0.05, 0.1) is 0 Å². The average Bonchev–Trinajstić information content (AvgIpc) is 1.61. The summed E-state index contributed by atoms with van der Waals surface area (Å²) in [5.41, 5.74) is 0. The van der Waals surface area contributed by atoms with E-state index in [1.807, 2.05) is 0 Å². The van der Waals surface area contributed by atoms with Gasteiger partial charge in [-0.05, 0) is 0 Å². The van der Waals surface area contributed by atoms with Crippen molar-refractivity contribution in [3.8, 4) is 0 Å². The molecule has 0 aliphatic carbocycles. The maximum atomic E-state index is 8.88. The van der Waals surface area contributed by atoms with Crippen LogP contribution >= 0.6 is 7.82 Å². The SMILES string of the molecule is O=P(O)(O)O.[CH2-]CCO.[K+]. The molecule has 4 N–H and O–H groups in total. The summed E-state index contributed by atoms with van der Waals surface area (Å²) in [5, 5.41) is 7.81. The van der Waals surface area contributed by atoms with Crippen LogP contribution in [0.3, 0.4) is 0 Å². The fraction of sp³-hybridized carbons (Fsp3) is 0.667. The zero-order valence-corrected chi connectivity index (χ0v) is 9.78. The van der Waals surface area contributed by atoms with Gasteiger partial charge in [-0.25, -0.2) is 4.57 Å². The molecule has 0 unspecified atom stereocenters. The second kappa shape index (κ2) is 10.7. The van der Waals surface area contributed by atoms with Crippen LogP contribution in [0.25, 0.3) is 0 Å². The Morgan fingerprint density at radius 3 is 1.40 bits per heavy atom. The summed E-state index contributed by atoms with van der Waals surface area (Å²) in [4.78, 5) is 21.6. The van der Waals surface area contributed by atoms with Crippen molar-refractivity contribution in [2.75, 3.05) is 6.61 Å². The molecule has 0 aliphatic heterocycles. The molecule has 0 amide bonds. The van der Waals surface area contributed by atoms with Gasteiger partial charge < -0.3 is 26.7 Å². The molecule has 0 aromatic rings. The van der Waals surface area contributed by atoms with Crippen LogP contribution in [-0.4, -0.2) is 26.4 Å². The normalized spacial score (nSPS) is 8.90. The third kappa shape index (κ3) is 100. The number of hydrogen-bond donors (Lipinski definition) is 4. The van der Waals surface area contributed by atoms with Gasteiger partial charge >= 0.3 is 59.2 Å². The Morgan fingerprint density at radius 1 is 1.30 bits per heavy atom. The molecule has 0 fully saturated rings. The van der Waals surface area contributed by atoms with Crippen molar-refractivity contribution in [3.05, 3.63) is 6.92 Å². The van der Waals surface area contributed by atoms with Crippen molar-refractivity contribution in [2.45, 2.75) is 6.42 Å². The van der Waals surface area contributed by atoms with Gasteiger partial charge in [-0.2, -0.15) is 6.42 Å². The van der Waals surface area contributed by atoms with Crippen LogP contribution in [0.1, 0.15) is 6.42 Å². The van der Waals surface area contributed by atoms with Gasteiger partial charge in [0.2, 0.25) is 0 Å². The number of rotatable bonds is 1. The Kier molecular flexibility index (Phi) is 19.0. The fourth-order valence-corrected chi connectivity index (χ4v) is 0. The second-order valence-corrected chi connectivity index (χ2v) is 2.12. The van der Waals surface area contributed by atoms with Crippen molar-refractivity contribution in [3.63, 3.8) is 0 Å². The summed E-state index contributed by atoms with van der Waals surface area (Å²) >= 11 is 0.